The van der Waals surface area contributed by atoms with Crippen LogP contribution in [0.1, 0.15) is 57.6 Å². The number of hydrogen-bond acceptors (Lipinski definition) is 6. The fraction of sp³-hybridized carbons (Fsp3) is 0.615. The first-order valence-electron chi connectivity index (χ1n) is 12.0. The molecule has 1 saturated carbocycles. The third-order valence-electron chi connectivity index (χ3n) is 6.53. The molecule has 0 amide bonds. The van der Waals surface area contributed by atoms with Crippen LogP contribution in [0.15, 0.2) is 42.5 Å². The SMILES string of the molecule is CC(=O)O[C@@H]1C[C@H](OC(C)c2ccccc2)[C@H](C/C=C\CCCC(=O)O)[C@H]1N1CCOCC1. The number of unbranched alkanes of at least 4 members (excludes halogenated alkanes) is 1. The number of carbonyl (C=O) groups excluding carboxylic acids is 1. The van der Waals surface area contributed by atoms with E-state index < -0.39 is 5.97 Å². The second-order valence-electron chi connectivity index (χ2n) is 8.91. The van der Waals surface area contributed by atoms with Crippen LogP contribution in [0.4, 0.5) is 0 Å². The first kappa shape index (κ1) is 25.4. The van der Waals surface area contributed by atoms with E-state index in [1.807, 2.05) is 18.2 Å². The van der Waals surface area contributed by atoms with E-state index in [9.17, 15) is 9.59 Å². The van der Waals surface area contributed by atoms with Gasteiger partial charge in [-0.2, -0.15) is 0 Å². The molecule has 1 heterocycles. The average molecular weight is 460 g/mol. The highest BCUT2D eigenvalue weighted by Gasteiger charge is 2.48. The number of carboxylic acids is 1. The Balaban J connectivity index is 1.75. The number of benzene rings is 1. The molecule has 2 fully saturated rings. The van der Waals surface area contributed by atoms with Crippen LogP contribution in [0.2, 0.25) is 0 Å². The number of esters is 1. The summed E-state index contributed by atoms with van der Waals surface area (Å²) in [6.45, 7) is 6.50. The lowest BCUT2D eigenvalue weighted by atomic mass is 9.94. The fourth-order valence-electron chi connectivity index (χ4n) is 5.01. The van der Waals surface area contributed by atoms with Crippen molar-refractivity contribution in [2.75, 3.05) is 26.3 Å². The molecule has 1 aromatic rings. The van der Waals surface area contributed by atoms with Crippen LogP contribution in [0, 0.1) is 5.92 Å². The van der Waals surface area contributed by atoms with Crippen molar-refractivity contribution < 1.29 is 28.9 Å². The van der Waals surface area contributed by atoms with Gasteiger partial charge in [0.05, 0.1) is 31.5 Å². The normalized spacial score (nSPS) is 27.0. The smallest absolute Gasteiger partial charge is 0.303 e. The third kappa shape index (κ3) is 7.66. The highest BCUT2D eigenvalue weighted by atomic mass is 16.6. The van der Waals surface area contributed by atoms with Crippen molar-refractivity contribution in [1.29, 1.82) is 0 Å². The van der Waals surface area contributed by atoms with Gasteiger partial charge in [-0.05, 0) is 31.7 Å². The zero-order valence-electron chi connectivity index (χ0n) is 19.7. The van der Waals surface area contributed by atoms with E-state index in [-0.39, 0.29) is 42.7 Å². The Morgan fingerprint density at radius 2 is 1.91 bits per heavy atom. The number of rotatable bonds is 11. The highest BCUT2D eigenvalue weighted by Crippen LogP contribution is 2.40. The van der Waals surface area contributed by atoms with Crippen molar-refractivity contribution in [2.24, 2.45) is 5.92 Å². The summed E-state index contributed by atoms with van der Waals surface area (Å²) in [7, 11) is 0. The van der Waals surface area contributed by atoms with E-state index in [2.05, 4.69) is 36.1 Å². The Labute approximate surface area is 196 Å². The van der Waals surface area contributed by atoms with Crippen molar-refractivity contribution in [3.8, 4) is 0 Å². The molecule has 33 heavy (non-hydrogen) atoms. The van der Waals surface area contributed by atoms with E-state index >= 15 is 0 Å². The summed E-state index contributed by atoms with van der Waals surface area (Å²) in [6.07, 6.45) is 6.86. The van der Waals surface area contributed by atoms with Crippen molar-refractivity contribution in [1.82, 2.24) is 4.90 Å². The zero-order chi connectivity index (χ0) is 23.6. The van der Waals surface area contributed by atoms with Crippen LogP contribution in [0.5, 0.6) is 0 Å². The van der Waals surface area contributed by atoms with Gasteiger partial charge in [0.15, 0.2) is 0 Å². The molecule has 1 aliphatic carbocycles. The number of nitrogens with zero attached hydrogens (tertiary/aromatic N) is 1. The number of allylic oxidation sites excluding steroid dienone is 2. The van der Waals surface area contributed by atoms with Gasteiger partial charge in [0.2, 0.25) is 0 Å². The molecule has 3 rings (SSSR count). The Bertz CT molecular complexity index is 776. The van der Waals surface area contributed by atoms with Crippen LogP contribution >= 0.6 is 0 Å². The van der Waals surface area contributed by atoms with E-state index in [1.165, 1.54) is 6.92 Å². The lowest BCUT2D eigenvalue weighted by molar-refractivity contribution is -0.150. The minimum atomic E-state index is -0.765. The summed E-state index contributed by atoms with van der Waals surface area (Å²) < 4.78 is 18.0. The van der Waals surface area contributed by atoms with Crippen molar-refractivity contribution in [3.05, 3.63) is 48.0 Å². The second kappa shape index (κ2) is 12.9. The molecule has 7 nitrogen and oxygen atoms in total. The zero-order valence-corrected chi connectivity index (χ0v) is 19.7. The van der Waals surface area contributed by atoms with Gasteiger partial charge in [0.1, 0.15) is 6.10 Å². The molecule has 1 saturated heterocycles. The van der Waals surface area contributed by atoms with Crippen LogP contribution in [-0.2, 0) is 23.8 Å². The summed E-state index contributed by atoms with van der Waals surface area (Å²) in [6, 6.07) is 10.2. The number of carbonyl (C=O) groups is 2. The number of aliphatic carboxylic acids is 1. The maximum absolute atomic E-state index is 11.9. The van der Waals surface area contributed by atoms with Crippen molar-refractivity contribution in [2.45, 2.75) is 70.3 Å². The lowest BCUT2D eigenvalue weighted by Gasteiger charge is -2.38. The maximum atomic E-state index is 11.9. The summed E-state index contributed by atoms with van der Waals surface area (Å²) in [5.74, 6) is -0.869. The van der Waals surface area contributed by atoms with Gasteiger partial charge in [-0.15, -0.1) is 0 Å². The van der Waals surface area contributed by atoms with Gasteiger partial charge in [-0.1, -0.05) is 42.5 Å². The van der Waals surface area contributed by atoms with Crippen molar-refractivity contribution >= 4 is 11.9 Å². The predicted molar refractivity (Wildman–Crippen MR) is 125 cm³/mol. The van der Waals surface area contributed by atoms with Crippen LogP contribution in [0.25, 0.3) is 0 Å². The molecule has 0 spiro atoms. The molecular weight excluding hydrogens is 422 g/mol. The summed E-state index contributed by atoms with van der Waals surface area (Å²) in [4.78, 5) is 25.0. The van der Waals surface area contributed by atoms with E-state index in [4.69, 9.17) is 19.3 Å². The first-order valence-corrected chi connectivity index (χ1v) is 12.0. The Morgan fingerprint density at radius 1 is 1.18 bits per heavy atom. The lowest BCUT2D eigenvalue weighted by Crippen LogP contribution is -2.51. The molecule has 1 aliphatic heterocycles. The fourth-order valence-corrected chi connectivity index (χ4v) is 5.01. The molecule has 5 atom stereocenters. The van der Waals surface area contributed by atoms with Gasteiger partial charge in [-0.25, -0.2) is 0 Å². The van der Waals surface area contributed by atoms with Gasteiger partial charge in [0.25, 0.3) is 0 Å². The molecule has 0 bridgehead atoms. The first-order chi connectivity index (χ1) is 16.0. The standard InChI is InChI=1S/C26H37NO6/c1-19(21-10-6-5-7-11-21)32-23-18-24(33-20(2)28)26(27-14-16-31-17-15-27)22(23)12-8-3-4-9-13-25(29)30/h3,5-8,10-11,19,22-24,26H,4,9,12-18H2,1-2H3,(H,29,30)/b8-3-/t19?,22-,23-,24+,26+/m0/s1. The molecule has 0 radical (unpaired) electrons. The maximum Gasteiger partial charge on any atom is 0.303 e. The molecule has 2 aliphatic rings. The van der Waals surface area contributed by atoms with Crippen molar-refractivity contribution in [3.63, 3.8) is 0 Å². The Hall–Kier alpha value is -2.22. The van der Waals surface area contributed by atoms with Crippen LogP contribution in [0.3, 0.4) is 0 Å². The van der Waals surface area contributed by atoms with Gasteiger partial charge in [-0.3, -0.25) is 14.5 Å². The molecule has 7 heteroatoms. The molecule has 182 valence electrons. The van der Waals surface area contributed by atoms with Gasteiger partial charge >= 0.3 is 11.9 Å². The third-order valence-corrected chi connectivity index (χ3v) is 6.53. The molecular formula is C26H37NO6. The van der Waals surface area contributed by atoms with E-state index in [1.54, 1.807) is 0 Å². The highest BCUT2D eigenvalue weighted by molar-refractivity contribution is 5.66. The van der Waals surface area contributed by atoms with E-state index in [0.717, 1.165) is 31.5 Å². The summed E-state index contributed by atoms with van der Waals surface area (Å²) in [5.41, 5.74) is 1.12. The van der Waals surface area contributed by atoms with Gasteiger partial charge in [0, 0.05) is 38.8 Å². The molecule has 1 unspecified atom stereocenters. The number of ether oxygens (including phenoxy) is 3. The largest absolute Gasteiger partial charge is 0.481 e. The number of morpholine rings is 1. The topological polar surface area (TPSA) is 85.3 Å². The quantitative estimate of drug-likeness (QED) is 0.304. The minimum Gasteiger partial charge on any atom is -0.481 e. The predicted octanol–water partition coefficient (Wildman–Crippen LogP) is 3.99. The molecule has 0 aromatic heterocycles. The Kier molecular flexibility index (Phi) is 9.91. The number of carboxylic acid groups (broad SMARTS) is 1. The minimum absolute atomic E-state index is 0.0546. The van der Waals surface area contributed by atoms with Gasteiger partial charge < -0.3 is 19.3 Å². The molecule has 1 N–H and O–H groups in total. The summed E-state index contributed by atoms with van der Waals surface area (Å²) >= 11 is 0. The Morgan fingerprint density at radius 3 is 2.58 bits per heavy atom. The average Bonchev–Trinajstić information content (AvgIpc) is 3.12. The summed E-state index contributed by atoms with van der Waals surface area (Å²) in [5, 5.41) is 8.84. The van der Waals surface area contributed by atoms with E-state index in [0.29, 0.717) is 26.1 Å². The molecule has 1 aromatic carbocycles. The number of hydrogen-bond donors (Lipinski definition) is 1. The monoisotopic (exact) mass is 459 g/mol. The van der Waals surface area contributed by atoms with Crippen LogP contribution in [-0.4, -0.2) is 66.5 Å². The van der Waals surface area contributed by atoms with Crippen LogP contribution < -0.4 is 0 Å². The second-order valence-corrected chi connectivity index (χ2v) is 8.91.